The van der Waals surface area contributed by atoms with E-state index in [-0.39, 0.29) is 4.79 Å². The Bertz CT molecular complexity index is 291. The number of aromatic nitrogens is 3. The quantitative estimate of drug-likeness (QED) is 0.623. The van der Waals surface area contributed by atoms with Crippen LogP contribution >= 0.6 is 0 Å². The zero-order valence-corrected chi connectivity index (χ0v) is 6.64. The molecule has 0 saturated heterocycles. The topological polar surface area (TPSA) is 30.7 Å². The maximum absolute atomic E-state index is 11.6. The first-order valence-electron chi connectivity index (χ1n) is 3.49. The zero-order chi connectivity index (χ0) is 9.52. The van der Waals surface area contributed by atoms with Crippen molar-refractivity contribution in [1.29, 1.82) is 0 Å². The molecule has 0 atom stereocenters. The molecule has 0 amide bonds. The summed E-state index contributed by atoms with van der Waals surface area (Å²) in [5.74, 6) is -0.972. The van der Waals surface area contributed by atoms with Gasteiger partial charge < -0.3 is 0 Å². The van der Waals surface area contributed by atoms with Crippen LogP contribution in [0.3, 0.4) is 0 Å². The summed E-state index contributed by atoms with van der Waals surface area (Å²) in [5, 5.41) is 0. The molecule has 0 unspecified atom stereocenters. The van der Waals surface area contributed by atoms with Crippen LogP contribution in [0.25, 0.3) is 0 Å². The SMILES string of the molecule is Fc1cncn1F.c1ccncc1. The summed E-state index contributed by atoms with van der Waals surface area (Å²) in [6.07, 6.45) is 5.04. The van der Waals surface area contributed by atoms with Crippen molar-refractivity contribution >= 4 is 0 Å². The number of halogens is 2. The molecular weight excluding hydrogens is 176 g/mol. The molecule has 0 N–H and O–H groups in total. The first-order valence-corrected chi connectivity index (χ1v) is 3.49. The van der Waals surface area contributed by atoms with Gasteiger partial charge in [-0.25, -0.2) is 4.98 Å². The van der Waals surface area contributed by atoms with Crippen molar-refractivity contribution in [2.75, 3.05) is 0 Å². The summed E-state index contributed by atoms with van der Waals surface area (Å²) in [7, 11) is 0. The maximum atomic E-state index is 11.6. The zero-order valence-electron chi connectivity index (χ0n) is 6.64. The highest BCUT2D eigenvalue weighted by Gasteiger charge is 1.93. The van der Waals surface area contributed by atoms with Crippen molar-refractivity contribution in [3.8, 4) is 0 Å². The molecule has 68 valence electrons. The van der Waals surface area contributed by atoms with Gasteiger partial charge in [-0.3, -0.25) is 4.98 Å². The summed E-state index contributed by atoms with van der Waals surface area (Å²) >= 11 is 0. The van der Waals surface area contributed by atoms with Gasteiger partial charge in [-0.15, -0.1) is 4.79 Å². The molecule has 0 bridgehead atoms. The molecule has 0 fully saturated rings. The van der Waals surface area contributed by atoms with Gasteiger partial charge in [0.15, 0.2) is 0 Å². The summed E-state index contributed by atoms with van der Waals surface area (Å²) < 4.78 is 23.2. The third-order valence-corrected chi connectivity index (χ3v) is 1.12. The Morgan fingerprint density at radius 3 is 1.92 bits per heavy atom. The normalized spacial score (nSPS) is 8.77. The van der Waals surface area contributed by atoms with E-state index in [0.717, 1.165) is 12.5 Å². The van der Waals surface area contributed by atoms with Crippen LogP contribution in [0.5, 0.6) is 0 Å². The van der Waals surface area contributed by atoms with E-state index >= 15 is 0 Å². The molecule has 2 aromatic heterocycles. The Kier molecular flexibility index (Phi) is 3.56. The Morgan fingerprint density at radius 2 is 1.77 bits per heavy atom. The van der Waals surface area contributed by atoms with E-state index in [1.54, 1.807) is 12.4 Å². The minimum absolute atomic E-state index is 0.194. The summed E-state index contributed by atoms with van der Waals surface area (Å²) in [4.78, 5) is 6.72. The number of hydrogen-bond donors (Lipinski definition) is 0. The van der Waals surface area contributed by atoms with Crippen LogP contribution in [-0.4, -0.2) is 14.8 Å². The van der Waals surface area contributed by atoms with Gasteiger partial charge in [0.1, 0.15) is 6.33 Å². The average molecular weight is 183 g/mol. The predicted molar refractivity (Wildman–Crippen MR) is 42.9 cm³/mol. The molecule has 0 aromatic carbocycles. The highest BCUT2D eigenvalue weighted by molar-refractivity contribution is 4.88. The van der Waals surface area contributed by atoms with Gasteiger partial charge in [0.2, 0.25) is 5.95 Å². The van der Waals surface area contributed by atoms with Crippen molar-refractivity contribution in [2.45, 2.75) is 0 Å². The van der Waals surface area contributed by atoms with E-state index in [2.05, 4.69) is 9.97 Å². The van der Waals surface area contributed by atoms with Crippen molar-refractivity contribution in [1.82, 2.24) is 14.8 Å². The Labute approximate surface area is 73.6 Å². The van der Waals surface area contributed by atoms with Gasteiger partial charge in [0.05, 0.1) is 6.20 Å². The van der Waals surface area contributed by atoms with Crippen molar-refractivity contribution in [3.05, 3.63) is 49.1 Å². The summed E-state index contributed by atoms with van der Waals surface area (Å²) in [6.45, 7) is 0. The van der Waals surface area contributed by atoms with E-state index in [1.807, 2.05) is 18.2 Å². The van der Waals surface area contributed by atoms with Crippen molar-refractivity contribution in [3.63, 3.8) is 0 Å². The molecule has 0 spiro atoms. The fourth-order valence-electron chi connectivity index (χ4n) is 0.576. The lowest BCUT2D eigenvalue weighted by Crippen LogP contribution is -1.79. The summed E-state index contributed by atoms with van der Waals surface area (Å²) in [5.41, 5.74) is 0. The monoisotopic (exact) mass is 183 g/mol. The molecule has 0 aliphatic carbocycles. The molecule has 2 rings (SSSR count). The molecular formula is C8H7F2N3. The van der Waals surface area contributed by atoms with E-state index in [9.17, 15) is 8.87 Å². The highest BCUT2D eigenvalue weighted by atomic mass is 19.2. The second kappa shape index (κ2) is 4.97. The fraction of sp³-hybridized carbons (Fsp3) is 0. The van der Waals surface area contributed by atoms with E-state index in [0.29, 0.717) is 0 Å². The third-order valence-electron chi connectivity index (χ3n) is 1.12. The fourth-order valence-corrected chi connectivity index (χ4v) is 0.576. The van der Waals surface area contributed by atoms with Gasteiger partial charge in [0.25, 0.3) is 0 Å². The van der Waals surface area contributed by atoms with Gasteiger partial charge in [-0.1, -0.05) is 10.5 Å². The van der Waals surface area contributed by atoms with E-state index in [1.165, 1.54) is 0 Å². The molecule has 2 aromatic rings. The second-order valence-corrected chi connectivity index (χ2v) is 2.05. The van der Waals surface area contributed by atoms with Gasteiger partial charge in [-0.2, -0.15) is 4.39 Å². The Balaban J connectivity index is 0.000000132. The van der Waals surface area contributed by atoms with Crippen LogP contribution in [-0.2, 0) is 0 Å². The number of nitrogens with zero attached hydrogens (tertiary/aromatic N) is 3. The molecule has 0 aliphatic rings. The predicted octanol–water partition coefficient (Wildman–Crippen LogP) is 1.84. The molecule has 5 heteroatoms. The number of rotatable bonds is 0. The largest absolute Gasteiger partial charge is 0.265 e. The lowest BCUT2D eigenvalue weighted by molar-refractivity contribution is 0.299. The Hall–Kier alpha value is -1.78. The lowest BCUT2D eigenvalue weighted by atomic mass is 10.5. The summed E-state index contributed by atoms with van der Waals surface area (Å²) in [6, 6.07) is 5.72. The van der Waals surface area contributed by atoms with Gasteiger partial charge >= 0.3 is 0 Å². The van der Waals surface area contributed by atoms with E-state index in [4.69, 9.17) is 0 Å². The first kappa shape index (κ1) is 9.31. The maximum Gasteiger partial charge on any atom is 0.241 e. The van der Waals surface area contributed by atoms with Gasteiger partial charge in [-0.05, 0) is 12.1 Å². The first-order chi connectivity index (χ1) is 6.30. The minimum atomic E-state index is -0.972. The second-order valence-electron chi connectivity index (χ2n) is 2.05. The highest BCUT2D eigenvalue weighted by Crippen LogP contribution is 1.92. The van der Waals surface area contributed by atoms with Crippen LogP contribution in [0.1, 0.15) is 0 Å². The molecule has 0 radical (unpaired) electrons. The van der Waals surface area contributed by atoms with Crippen molar-refractivity contribution < 1.29 is 8.87 Å². The van der Waals surface area contributed by atoms with Crippen LogP contribution in [0, 0.1) is 5.95 Å². The van der Waals surface area contributed by atoms with Gasteiger partial charge in [0, 0.05) is 12.4 Å². The van der Waals surface area contributed by atoms with Crippen LogP contribution in [0.15, 0.2) is 43.1 Å². The standard InChI is InChI=1S/C5H5N.C3H2F2N2/c1-2-4-6-5-3-1;4-3-1-6-2-7(3)5/h1-5H;1-2H. The lowest BCUT2D eigenvalue weighted by Gasteiger charge is -1.76. The van der Waals surface area contributed by atoms with Crippen LogP contribution < -0.4 is 0 Å². The van der Waals surface area contributed by atoms with Crippen LogP contribution in [0.4, 0.5) is 8.87 Å². The van der Waals surface area contributed by atoms with Crippen molar-refractivity contribution in [2.24, 2.45) is 0 Å². The van der Waals surface area contributed by atoms with Crippen LogP contribution in [0.2, 0.25) is 0 Å². The molecule has 0 aliphatic heterocycles. The molecule has 13 heavy (non-hydrogen) atoms. The smallest absolute Gasteiger partial charge is 0.241 e. The molecule has 3 nitrogen and oxygen atoms in total. The minimum Gasteiger partial charge on any atom is -0.265 e. The number of imidazole rings is 1. The number of pyridine rings is 1. The number of hydrogen-bond acceptors (Lipinski definition) is 2. The Morgan fingerprint density at radius 1 is 1.08 bits per heavy atom. The average Bonchev–Trinajstić information content (AvgIpc) is 2.55. The molecule has 2 heterocycles. The van der Waals surface area contributed by atoms with E-state index < -0.39 is 5.95 Å². The molecule has 0 saturated carbocycles. The third kappa shape index (κ3) is 3.42.